The maximum atomic E-state index is 15.3. The van der Waals surface area contributed by atoms with Crippen LogP contribution in [-0.4, -0.2) is 123 Å². The van der Waals surface area contributed by atoms with Crippen molar-refractivity contribution >= 4 is 90.5 Å². The summed E-state index contributed by atoms with van der Waals surface area (Å²) in [5.74, 6) is -4.24. The summed E-state index contributed by atoms with van der Waals surface area (Å²) >= 11 is 0. The first-order valence-electron chi connectivity index (χ1n) is 28.0. The maximum Gasteiger partial charge on any atom is 0.333 e. The van der Waals surface area contributed by atoms with E-state index < -0.39 is 60.5 Å². The molecule has 0 aliphatic carbocycles. The minimum absolute atomic E-state index is 0.0117. The van der Waals surface area contributed by atoms with Crippen LogP contribution in [0.3, 0.4) is 0 Å². The molecule has 0 saturated carbocycles. The number of carbonyl (C=O) groups excluding carboxylic acids is 8. The average molecular weight is 1190 g/mol. The molecule has 0 saturated heterocycles. The van der Waals surface area contributed by atoms with Crippen LogP contribution in [-0.2, 0) is 38.1 Å². The third kappa shape index (κ3) is 12.0. The first-order valence-corrected chi connectivity index (χ1v) is 28.0. The molecule has 0 unspecified atom stereocenters. The number of nitrogens with one attached hydrogen (secondary N) is 2. The van der Waals surface area contributed by atoms with Gasteiger partial charge in [-0.25, -0.2) is 9.59 Å². The van der Waals surface area contributed by atoms with E-state index in [1.807, 2.05) is 0 Å². The van der Waals surface area contributed by atoms with Crippen molar-refractivity contribution in [3.63, 3.8) is 0 Å². The normalized spacial score (nSPS) is 12.6. The average Bonchev–Trinajstić information content (AvgIpc) is 0.677. The Morgan fingerprint density at radius 2 is 0.648 bits per heavy atom. The van der Waals surface area contributed by atoms with Gasteiger partial charge >= 0.3 is 11.9 Å². The van der Waals surface area contributed by atoms with Crippen molar-refractivity contribution in [1.29, 1.82) is 0 Å². The van der Waals surface area contributed by atoms with E-state index >= 15 is 19.2 Å². The summed E-state index contributed by atoms with van der Waals surface area (Å²) < 4.78 is 48.8. The first kappa shape index (κ1) is 58.8. The van der Waals surface area contributed by atoms with Gasteiger partial charge in [-0.15, -0.1) is 0 Å². The number of hydrogen-bond acceptors (Lipinski definition) is 16. The predicted octanol–water partition coefficient (Wildman–Crippen LogP) is 10.6. The number of ether oxygens (including phenoxy) is 8. The van der Waals surface area contributed by atoms with Crippen LogP contribution in [0.15, 0.2) is 170 Å². The Balaban J connectivity index is 1.11. The monoisotopic (exact) mass is 1180 g/mol. The van der Waals surface area contributed by atoms with Crippen molar-refractivity contribution in [2.75, 3.05) is 65.8 Å². The molecular formula is C68H56N4O16. The minimum Gasteiger partial charge on any atom is -0.460 e. The molecule has 6 amide bonds. The zero-order chi connectivity index (χ0) is 61.6. The van der Waals surface area contributed by atoms with Gasteiger partial charge in [-0.1, -0.05) is 86.0 Å². The zero-order valence-corrected chi connectivity index (χ0v) is 47.8. The third-order valence-electron chi connectivity index (χ3n) is 14.3. The molecule has 0 aromatic heterocycles. The largest absolute Gasteiger partial charge is 0.460 e. The smallest absolute Gasteiger partial charge is 0.333 e. The minimum atomic E-state index is -0.831. The molecule has 0 spiro atoms. The second-order valence-electron chi connectivity index (χ2n) is 20.5. The summed E-state index contributed by atoms with van der Waals surface area (Å²) in [4.78, 5) is 114. The van der Waals surface area contributed by atoms with E-state index in [1.54, 1.807) is 121 Å². The number of hydrogen-bond donors (Lipinski definition) is 2. The molecule has 2 heterocycles. The highest BCUT2D eigenvalue weighted by atomic mass is 16.6. The van der Waals surface area contributed by atoms with E-state index in [4.69, 9.17) is 37.9 Å². The van der Waals surface area contributed by atoms with Crippen LogP contribution in [0, 0.1) is 0 Å². The Morgan fingerprint density at radius 1 is 0.375 bits per heavy atom. The highest BCUT2D eigenvalue weighted by Gasteiger charge is 2.42. The van der Waals surface area contributed by atoms with Crippen LogP contribution in [0.25, 0.3) is 43.1 Å². The molecule has 20 nitrogen and oxygen atoms in total. The second kappa shape index (κ2) is 25.7. The molecule has 0 radical (unpaired) electrons. The first-order chi connectivity index (χ1) is 42.7. The van der Waals surface area contributed by atoms with Crippen LogP contribution in [0.2, 0.25) is 0 Å². The highest BCUT2D eigenvalue weighted by Crippen LogP contribution is 2.58. The molecule has 2 N–H and O–H groups in total. The Hall–Kier alpha value is -11.0. The number of rotatable bonds is 26. The number of nitrogens with zero attached hydrogens (tertiary/aromatic N) is 2. The van der Waals surface area contributed by atoms with Crippen molar-refractivity contribution < 1.29 is 76.3 Å². The van der Waals surface area contributed by atoms with E-state index in [-0.39, 0.29) is 152 Å². The van der Waals surface area contributed by atoms with Crippen LogP contribution >= 0.6 is 0 Å². The van der Waals surface area contributed by atoms with E-state index in [2.05, 4.69) is 23.8 Å². The summed E-state index contributed by atoms with van der Waals surface area (Å²) in [6.07, 6.45) is 0. The number of imide groups is 2. The lowest BCUT2D eigenvalue weighted by molar-refractivity contribution is -0.141. The van der Waals surface area contributed by atoms with Gasteiger partial charge in [0.15, 0.2) is 0 Å². The summed E-state index contributed by atoms with van der Waals surface area (Å²) in [6.45, 7) is 8.76. The molecule has 9 aromatic rings. The van der Waals surface area contributed by atoms with Crippen molar-refractivity contribution in [2.24, 2.45) is 0 Å². The fourth-order valence-electron chi connectivity index (χ4n) is 10.4. The van der Waals surface area contributed by atoms with Gasteiger partial charge in [-0.05, 0) is 86.6 Å². The van der Waals surface area contributed by atoms with Crippen molar-refractivity contribution in [3.05, 3.63) is 192 Å². The van der Waals surface area contributed by atoms with Gasteiger partial charge in [-0.3, -0.25) is 38.6 Å². The molecule has 0 bridgehead atoms. The standard InChI is InChI=1S/C68H56N4O16/c1-39(2)67(79)83-31-29-81-27-25-69-53(73)37-71-63(75)45-33-49(85-41-17-9-5-10-18-41)57-59-51(87-43-21-13-7-14-22-43)35-47-56-48(66(78)72(65(47)77)38-54(74)70-26-28-82-30-32-84-68(80)40(3)4)36-52(88-44-23-15-8-16-24-44)60(62(56)59)58-50(86-42-19-11-6-12-20-42)34-46(64(71)76)55(45)61(57)58/h5-24,33-36H,1,3,25-32,37-38H2,2,4H3,(H,69,73)(H,70,74). The van der Waals surface area contributed by atoms with Gasteiger partial charge in [0.05, 0.1) is 48.7 Å². The molecule has 2 aliphatic heterocycles. The molecule has 2 aliphatic rings. The Morgan fingerprint density at radius 3 is 0.909 bits per heavy atom. The molecule has 444 valence electrons. The van der Waals surface area contributed by atoms with Gasteiger partial charge in [0, 0.05) is 67.3 Å². The number of benzene rings is 9. The molecule has 20 heteroatoms. The molecular weight excluding hydrogens is 1130 g/mol. The fourth-order valence-corrected chi connectivity index (χ4v) is 10.4. The topological polar surface area (TPSA) is 241 Å². The maximum absolute atomic E-state index is 15.3. The van der Waals surface area contributed by atoms with E-state index in [0.29, 0.717) is 23.0 Å². The van der Waals surface area contributed by atoms with Gasteiger partial charge in [-0.2, -0.15) is 0 Å². The van der Waals surface area contributed by atoms with Crippen LogP contribution in [0.4, 0.5) is 0 Å². The number of carbonyl (C=O) groups is 8. The van der Waals surface area contributed by atoms with E-state index in [1.165, 1.54) is 38.1 Å². The van der Waals surface area contributed by atoms with Crippen LogP contribution in [0.1, 0.15) is 55.3 Å². The summed E-state index contributed by atoms with van der Waals surface area (Å²) in [6, 6.07) is 41.0. The number of esters is 2. The lowest BCUT2D eigenvalue weighted by Gasteiger charge is -2.32. The third-order valence-corrected chi connectivity index (χ3v) is 14.3. The summed E-state index contributed by atoms with van der Waals surface area (Å²) in [5, 5.41) is 7.31. The van der Waals surface area contributed by atoms with E-state index in [0.717, 1.165) is 9.80 Å². The van der Waals surface area contributed by atoms with Crippen molar-refractivity contribution in [1.82, 2.24) is 20.4 Å². The molecule has 0 fully saturated rings. The van der Waals surface area contributed by atoms with Crippen molar-refractivity contribution in [2.45, 2.75) is 13.8 Å². The molecule has 11 rings (SSSR count). The summed E-state index contributed by atoms with van der Waals surface area (Å²) in [7, 11) is 0. The molecule has 0 atom stereocenters. The zero-order valence-electron chi connectivity index (χ0n) is 47.8. The number of para-hydroxylation sites is 4. The quantitative estimate of drug-likeness (QED) is 0.0128. The lowest BCUT2D eigenvalue weighted by atomic mass is 9.80. The second-order valence-corrected chi connectivity index (χ2v) is 20.5. The SMILES string of the molecule is C=C(C)C(=O)OCCOCCNC(=O)CN1C(=O)c2cc(Oc3ccccc3)c3c4c(Oc5ccccc5)cc5c6c(cc(Oc7ccccc7)c(c7c(Oc8ccccc8)cc(c2c37)C1=O)c64)C(=O)N(CC(=O)NCCOCCOC(=O)C(=C)C)C5=O. The Bertz CT molecular complexity index is 3800. The van der Waals surface area contributed by atoms with Gasteiger partial charge in [0.2, 0.25) is 11.8 Å². The predicted molar refractivity (Wildman–Crippen MR) is 324 cm³/mol. The van der Waals surface area contributed by atoms with Crippen molar-refractivity contribution in [3.8, 4) is 46.0 Å². The molecule has 9 aromatic carbocycles. The van der Waals surface area contributed by atoms with Crippen LogP contribution < -0.4 is 29.6 Å². The Labute approximate surface area is 503 Å². The van der Waals surface area contributed by atoms with Gasteiger partial charge < -0.3 is 48.5 Å². The van der Waals surface area contributed by atoms with Gasteiger partial charge in [0.25, 0.3) is 23.6 Å². The van der Waals surface area contributed by atoms with E-state index in [9.17, 15) is 19.2 Å². The highest BCUT2D eigenvalue weighted by molar-refractivity contribution is 6.45. The lowest BCUT2D eigenvalue weighted by Crippen LogP contribution is -2.46. The number of fused-ring (bicyclic) bond motifs is 2. The molecule has 88 heavy (non-hydrogen) atoms. The number of amides is 6. The summed E-state index contributed by atoms with van der Waals surface area (Å²) in [5.41, 5.74) is 0.388. The Kier molecular flexibility index (Phi) is 17.2. The van der Waals surface area contributed by atoms with Gasteiger partial charge in [0.1, 0.15) is 72.3 Å². The van der Waals surface area contributed by atoms with Crippen LogP contribution in [0.5, 0.6) is 46.0 Å². The fraction of sp³-hybridized carbons (Fsp3) is 0.176.